The minimum Gasteiger partial charge on any atom is -0.263 e. The number of rotatable bonds is 5. The van der Waals surface area contributed by atoms with Gasteiger partial charge < -0.3 is 0 Å². The molecule has 0 aliphatic rings. The predicted octanol–water partition coefficient (Wildman–Crippen LogP) is 0.506. The first-order chi connectivity index (χ1) is 9.53. The molecule has 2 N–H and O–H groups in total. The van der Waals surface area contributed by atoms with Gasteiger partial charge in [-0.25, -0.2) is 18.1 Å². The first kappa shape index (κ1) is 14.2. The summed E-state index contributed by atoms with van der Waals surface area (Å²) in [6, 6.07) is 6.40. The van der Waals surface area contributed by atoms with Crippen molar-refractivity contribution < 1.29 is 8.42 Å². The highest BCUT2D eigenvalue weighted by Gasteiger charge is 2.14. The molecule has 0 atom stereocenters. The van der Waals surface area contributed by atoms with E-state index < -0.39 is 10.0 Å². The Bertz CT molecular complexity index is 732. The molecule has 1 heterocycles. The molecule has 8 heteroatoms. The zero-order valence-corrected chi connectivity index (χ0v) is 11.6. The fourth-order valence-electron chi connectivity index (χ4n) is 1.67. The van der Waals surface area contributed by atoms with E-state index in [1.165, 1.54) is 24.5 Å². The van der Waals surface area contributed by atoms with Crippen LogP contribution in [0.4, 0.5) is 0 Å². The van der Waals surface area contributed by atoms with E-state index in [1.54, 1.807) is 6.92 Å². The quantitative estimate of drug-likeness (QED) is 0.833. The van der Waals surface area contributed by atoms with E-state index in [2.05, 4.69) is 19.9 Å². The Balaban J connectivity index is 2.06. The zero-order chi connectivity index (χ0) is 14.6. The highest BCUT2D eigenvalue weighted by atomic mass is 32.2. The van der Waals surface area contributed by atoms with Gasteiger partial charge >= 0.3 is 0 Å². The van der Waals surface area contributed by atoms with Crippen LogP contribution in [0, 0.1) is 18.3 Å². The molecule has 0 unspecified atom stereocenters. The molecule has 0 bridgehead atoms. The number of nitriles is 1. The maximum Gasteiger partial charge on any atom is 0.240 e. The van der Waals surface area contributed by atoms with Crippen LogP contribution in [0.3, 0.4) is 0 Å². The number of nitrogens with one attached hydrogen (secondary N) is 2. The van der Waals surface area contributed by atoms with Crippen LogP contribution in [-0.4, -0.2) is 30.1 Å². The van der Waals surface area contributed by atoms with Gasteiger partial charge in [-0.05, 0) is 30.7 Å². The van der Waals surface area contributed by atoms with Gasteiger partial charge in [0.1, 0.15) is 12.2 Å². The lowest BCUT2D eigenvalue weighted by atomic mass is 10.1. The third-order valence-electron chi connectivity index (χ3n) is 2.75. The van der Waals surface area contributed by atoms with Crippen LogP contribution in [0.2, 0.25) is 0 Å². The van der Waals surface area contributed by atoms with E-state index in [0.29, 0.717) is 23.4 Å². The average Bonchev–Trinajstić information content (AvgIpc) is 2.91. The summed E-state index contributed by atoms with van der Waals surface area (Å²) in [7, 11) is -3.58. The van der Waals surface area contributed by atoms with Crippen LogP contribution in [0.25, 0.3) is 0 Å². The third-order valence-corrected chi connectivity index (χ3v) is 4.21. The minimum absolute atomic E-state index is 0.145. The normalized spacial score (nSPS) is 11.2. The Morgan fingerprint density at radius 2 is 2.25 bits per heavy atom. The van der Waals surface area contributed by atoms with E-state index in [0.717, 1.165) is 0 Å². The van der Waals surface area contributed by atoms with E-state index in [-0.39, 0.29) is 11.4 Å². The lowest BCUT2D eigenvalue weighted by molar-refractivity contribution is 0.581. The van der Waals surface area contributed by atoms with Gasteiger partial charge in [0.15, 0.2) is 0 Å². The van der Waals surface area contributed by atoms with Crippen molar-refractivity contribution in [1.29, 1.82) is 5.26 Å². The SMILES string of the molecule is Cc1cc(S(=O)(=O)NCCc2ncn[nH]2)ccc1C#N. The number of aromatic amines is 1. The zero-order valence-electron chi connectivity index (χ0n) is 10.8. The predicted molar refractivity (Wildman–Crippen MR) is 71.2 cm³/mol. The van der Waals surface area contributed by atoms with E-state index in [9.17, 15) is 8.42 Å². The molecule has 7 nitrogen and oxygen atoms in total. The minimum atomic E-state index is -3.58. The summed E-state index contributed by atoms with van der Waals surface area (Å²) in [5, 5.41) is 15.2. The fraction of sp³-hybridized carbons (Fsp3) is 0.250. The Labute approximate surface area is 116 Å². The lowest BCUT2D eigenvalue weighted by Gasteiger charge is -2.07. The number of aromatic nitrogens is 3. The molecule has 1 aromatic carbocycles. The van der Waals surface area contributed by atoms with Crippen molar-refractivity contribution in [3.05, 3.63) is 41.5 Å². The Morgan fingerprint density at radius 3 is 2.85 bits per heavy atom. The van der Waals surface area contributed by atoms with Crippen molar-refractivity contribution >= 4 is 10.0 Å². The van der Waals surface area contributed by atoms with E-state index in [1.807, 2.05) is 6.07 Å². The molecule has 0 aliphatic carbocycles. The van der Waals surface area contributed by atoms with Crippen molar-refractivity contribution in [3.8, 4) is 6.07 Å². The van der Waals surface area contributed by atoms with Crippen molar-refractivity contribution in [3.63, 3.8) is 0 Å². The van der Waals surface area contributed by atoms with Gasteiger partial charge in [-0.1, -0.05) is 0 Å². The number of benzene rings is 1. The molecule has 0 saturated heterocycles. The van der Waals surface area contributed by atoms with Crippen LogP contribution in [0.15, 0.2) is 29.4 Å². The topological polar surface area (TPSA) is 112 Å². The number of sulfonamides is 1. The van der Waals surface area contributed by atoms with Gasteiger partial charge in [0.25, 0.3) is 0 Å². The van der Waals surface area contributed by atoms with Crippen molar-refractivity contribution in [2.75, 3.05) is 6.54 Å². The molecule has 2 rings (SSSR count). The molecular formula is C12H13N5O2S. The summed E-state index contributed by atoms with van der Waals surface area (Å²) < 4.78 is 26.6. The number of nitrogens with zero attached hydrogens (tertiary/aromatic N) is 3. The molecule has 20 heavy (non-hydrogen) atoms. The first-order valence-corrected chi connectivity index (χ1v) is 7.36. The second kappa shape index (κ2) is 5.81. The van der Waals surface area contributed by atoms with Gasteiger partial charge in [-0.3, -0.25) is 5.10 Å². The maximum atomic E-state index is 12.1. The second-order valence-corrected chi connectivity index (χ2v) is 5.94. The highest BCUT2D eigenvalue weighted by molar-refractivity contribution is 7.89. The Morgan fingerprint density at radius 1 is 1.45 bits per heavy atom. The first-order valence-electron chi connectivity index (χ1n) is 5.87. The Hall–Kier alpha value is -2.24. The number of H-pyrrole nitrogens is 1. The summed E-state index contributed by atoms with van der Waals surface area (Å²) in [5.41, 5.74) is 1.09. The average molecular weight is 291 g/mol. The lowest BCUT2D eigenvalue weighted by Crippen LogP contribution is -2.26. The van der Waals surface area contributed by atoms with Gasteiger partial charge in [-0.2, -0.15) is 10.4 Å². The van der Waals surface area contributed by atoms with Crippen LogP contribution in [-0.2, 0) is 16.4 Å². The van der Waals surface area contributed by atoms with Crippen molar-refractivity contribution in [2.24, 2.45) is 0 Å². The molecule has 0 fully saturated rings. The molecule has 0 aliphatic heterocycles. The second-order valence-electron chi connectivity index (χ2n) is 4.17. The van der Waals surface area contributed by atoms with Crippen LogP contribution < -0.4 is 4.72 Å². The van der Waals surface area contributed by atoms with Gasteiger partial charge in [0.2, 0.25) is 10.0 Å². The van der Waals surface area contributed by atoms with Crippen LogP contribution >= 0.6 is 0 Å². The summed E-state index contributed by atoms with van der Waals surface area (Å²) in [5.74, 6) is 0.615. The third kappa shape index (κ3) is 3.20. The molecule has 0 spiro atoms. The highest BCUT2D eigenvalue weighted by Crippen LogP contribution is 2.14. The van der Waals surface area contributed by atoms with Crippen LogP contribution in [0.5, 0.6) is 0 Å². The van der Waals surface area contributed by atoms with Gasteiger partial charge in [0.05, 0.1) is 16.5 Å². The summed E-state index contributed by atoms with van der Waals surface area (Å²) in [4.78, 5) is 4.05. The summed E-state index contributed by atoms with van der Waals surface area (Å²) in [6.07, 6.45) is 1.79. The monoisotopic (exact) mass is 291 g/mol. The molecule has 0 saturated carbocycles. The Kier molecular flexibility index (Phi) is 4.12. The number of hydrogen-bond donors (Lipinski definition) is 2. The van der Waals surface area contributed by atoms with Gasteiger partial charge in [0, 0.05) is 13.0 Å². The van der Waals surface area contributed by atoms with Crippen molar-refractivity contribution in [1.82, 2.24) is 19.9 Å². The molecule has 104 valence electrons. The maximum absolute atomic E-state index is 12.1. The van der Waals surface area contributed by atoms with E-state index in [4.69, 9.17) is 5.26 Å². The van der Waals surface area contributed by atoms with Gasteiger partial charge in [-0.15, -0.1) is 0 Å². The molecular weight excluding hydrogens is 278 g/mol. The molecule has 0 radical (unpaired) electrons. The summed E-state index contributed by atoms with van der Waals surface area (Å²) >= 11 is 0. The smallest absolute Gasteiger partial charge is 0.240 e. The standard InChI is InChI=1S/C12H13N5O2S/c1-9-6-11(3-2-10(9)7-13)20(18,19)16-5-4-12-14-8-15-17-12/h2-3,6,8,16H,4-5H2,1H3,(H,14,15,17). The number of hydrogen-bond acceptors (Lipinski definition) is 5. The fourth-order valence-corrected chi connectivity index (χ4v) is 2.78. The van der Waals surface area contributed by atoms with Crippen molar-refractivity contribution in [2.45, 2.75) is 18.2 Å². The molecule has 1 aromatic heterocycles. The largest absolute Gasteiger partial charge is 0.263 e. The number of aryl methyl sites for hydroxylation is 1. The summed E-state index contributed by atoms with van der Waals surface area (Å²) in [6.45, 7) is 1.92. The van der Waals surface area contributed by atoms with E-state index >= 15 is 0 Å². The van der Waals surface area contributed by atoms with Crippen LogP contribution in [0.1, 0.15) is 17.0 Å². The molecule has 0 amide bonds. The molecule has 2 aromatic rings.